The predicted molar refractivity (Wildman–Crippen MR) is 50.8 cm³/mol. The van der Waals surface area contributed by atoms with E-state index in [1.165, 1.54) is 17.0 Å². The van der Waals surface area contributed by atoms with Crippen molar-refractivity contribution in [3.05, 3.63) is 23.2 Å². The Morgan fingerprint density at radius 3 is 2.86 bits per heavy atom. The molecular weight excluding hydrogens is 207 g/mol. The topological polar surface area (TPSA) is 33.2 Å². The number of rotatable bonds is 1. The van der Waals surface area contributed by atoms with E-state index in [4.69, 9.17) is 11.6 Å². The van der Waals surface area contributed by atoms with Crippen molar-refractivity contribution < 1.29 is 9.18 Å². The van der Waals surface area contributed by atoms with Crippen molar-refractivity contribution in [3.63, 3.8) is 0 Å². The highest BCUT2D eigenvalue weighted by Crippen LogP contribution is 2.24. The first kappa shape index (κ1) is 9.40. The number of nitrogens with zero attached hydrogens (tertiary/aromatic N) is 2. The maximum Gasteiger partial charge on any atom is 0.238 e. The van der Waals surface area contributed by atoms with Gasteiger partial charge in [0.1, 0.15) is 5.15 Å². The van der Waals surface area contributed by atoms with Gasteiger partial charge in [0.2, 0.25) is 11.9 Å². The van der Waals surface area contributed by atoms with Crippen LogP contribution in [0.25, 0.3) is 0 Å². The number of hydrogen-bond acceptors (Lipinski definition) is 2. The van der Waals surface area contributed by atoms with Crippen LogP contribution in [0, 0.1) is 5.95 Å². The normalized spacial score (nSPS) is 16.4. The van der Waals surface area contributed by atoms with Crippen molar-refractivity contribution in [3.8, 4) is 0 Å². The molecule has 1 aromatic heterocycles. The highest BCUT2D eigenvalue weighted by atomic mass is 35.5. The second-order valence-corrected chi connectivity index (χ2v) is 3.48. The van der Waals surface area contributed by atoms with Gasteiger partial charge < -0.3 is 4.90 Å². The molecule has 0 spiro atoms. The Hall–Kier alpha value is -1.16. The molecule has 0 N–H and O–H groups in total. The van der Waals surface area contributed by atoms with Gasteiger partial charge in [-0.3, -0.25) is 4.79 Å². The van der Waals surface area contributed by atoms with Gasteiger partial charge in [0.25, 0.3) is 0 Å². The molecule has 1 aromatic rings. The van der Waals surface area contributed by atoms with E-state index in [-0.39, 0.29) is 16.7 Å². The highest BCUT2D eigenvalue weighted by molar-refractivity contribution is 6.29. The summed E-state index contributed by atoms with van der Waals surface area (Å²) in [5.74, 6) is -0.749. The maximum absolute atomic E-state index is 13.3. The zero-order valence-electron chi connectivity index (χ0n) is 7.33. The van der Waals surface area contributed by atoms with Crippen LogP contribution in [0.5, 0.6) is 0 Å². The van der Waals surface area contributed by atoms with Crippen molar-refractivity contribution in [2.45, 2.75) is 12.8 Å². The van der Waals surface area contributed by atoms with E-state index in [1.54, 1.807) is 0 Å². The first-order valence-electron chi connectivity index (χ1n) is 4.31. The molecule has 2 heterocycles. The highest BCUT2D eigenvalue weighted by Gasteiger charge is 2.24. The minimum atomic E-state index is -0.687. The number of carbonyl (C=O) groups excluding carboxylic acids is 1. The third-order valence-corrected chi connectivity index (χ3v) is 2.37. The van der Waals surface area contributed by atoms with Gasteiger partial charge in [-0.25, -0.2) is 4.98 Å². The van der Waals surface area contributed by atoms with Gasteiger partial charge >= 0.3 is 0 Å². The molecule has 1 aliphatic rings. The van der Waals surface area contributed by atoms with Crippen LogP contribution in [0.2, 0.25) is 5.15 Å². The fourth-order valence-electron chi connectivity index (χ4n) is 1.51. The molecule has 0 aliphatic carbocycles. The standard InChI is InChI=1S/C9H8ClFN2O/c10-7-4-3-6(9(11)12-7)13-5-1-2-8(13)14/h3-4H,1-2,5H2. The molecule has 0 atom stereocenters. The van der Waals surface area contributed by atoms with Crippen molar-refractivity contribution in [2.24, 2.45) is 0 Å². The Kier molecular flexibility index (Phi) is 2.37. The molecule has 0 bridgehead atoms. The lowest BCUT2D eigenvalue weighted by Gasteiger charge is -2.15. The summed E-state index contributed by atoms with van der Waals surface area (Å²) in [4.78, 5) is 16.2. The molecule has 1 amide bonds. The maximum atomic E-state index is 13.3. The summed E-state index contributed by atoms with van der Waals surface area (Å²) in [5, 5.41) is 0.0953. The lowest BCUT2D eigenvalue weighted by Crippen LogP contribution is -2.25. The Morgan fingerprint density at radius 2 is 2.29 bits per heavy atom. The molecule has 1 saturated heterocycles. The van der Waals surface area contributed by atoms with Gasteiger partial charge in [-0.15, -0.1) is 0 Å². The van der Waals surface area contributed by atoms with Gasteiger partial charge in [-0.1, -0.05) is 11.6 Å². The molecule has 0 saturated carbocycles. The van der Waals surface area contributed by atoms with Crippen LogP contribution in [-0.4, -0.2) is 17.4 Å². The lowest BCUT2D eigenvalue weighted by atomic mass is 10.3. The molecule has 1 fully saturated rings. The van der Waals surface area contributed by atoms with Crippen LogP contribution >= 0.6 is 11.6 Å². The number of halogens is 2. The third kappa shape index (κ3) is 1.57. The van der Waals surface area contributed by atoms with E-state index in [2.05, 4.69) is 4.98 Å². The summed E-state index contributed by atoms with van der Waals surface area (Å²) >= 11 is 5.51. The summed E-state index contributed by atoms with van der Waals surface area (Å²) in [7, 11) is 0. The molecule has 0 radical (unpaired) electrons. The van der Waals surface area contributed by atoms with Crippen LogP contribution in [0.1, 0.15) is 12.8 Å². The van der Waals surface area contributed by atoms with Gasteiger partial charge in [0.05, 0.1) is 5.69 Å². The number of amides is 1. The van der Waals surface area contributed by atoms with E-state index >= 15 is 0 Å². The summed E-state index contributed by atoms with van der Waals surface area (Å²) < 4.78 is 13.3. The summed E-state index contributed by atoms with van der Waals surface area (Å²) in [6, 6.07) is 2.96. The summed E-state index contributed by atoms with van der Waals surface area (Å²) in [6.45, 7) is 0.555. The van der Waals surface area contributed by atoms with Crippen molar-refractivity contribution in [1.82, 2.24) is 4.98 Å². The zero-order chi connectivity index (χ0) is 10.1. The monoisotopic (exact) mass is 214 g/mol. The fraction of sp³-hybridized carbons (Fsp3) is 0.333. The molecule has 1 aliphatic heterocycles. The number of pyridine rings is 1. The first-order valence-corrected chi connectivity index (χ1v) is 4.68. The molecule has 0 unspecified atom stereocenters. The molecule has 2 rings (SSSR count). The number of aromatic nitrogens is 1. The van der Waals surface area contributed by atoms with Gasteiger partial charge in [-0.05, 0) is 18.6 Å². The predicted octanol–water partition coefficient (Wildman–Crippen LogP) is 2.00. The minimum absolute atomic E-state index is 0.0620. The Bertz CT molecular complexity index is 383. The molecular formula is C9H8ClFN2O. The quantitative estimate of drug-likeness (QED) is 0.670. The SMILES string of the molecule is O=C1CCCN1c1ccc(Cl)nc1F. The second kappa shape index (κ2) is 3.53. The van der Waals surface area contributed by atoms with Crippen molar-refractivity contribution >= 4 is 23.2 Å². The lowest BCUT2D eigenvalue weighted by molar-refractivity contribution is -0.117. The van der Waals surface area contributed by atoms with Crippen LogP contribution in [-0.2, 0) is 4.79 Å². The van der Waals surface area contributed by atoms with Gasteiger partial charge in [0, 0.05) is 13.0 Å². The zero-order valence-corrected chi connectivity index (χ0v) is 8.09. The summed E-state index contributed by atoms with van der Waals surface area (Å²) in [5.41, 5.74) is 0.219. The van der Waals surface area contributed by atoms with E-state index in [1.807, 2.05) is 0 Å². The van der Waals surface area contributed by atoms with Crippen molar-refractivity contribution in [1.29, 1.82) is 0 Å². The summed E-state index contributed by atoms with van der Waals surface area (Å²) in [6.07, 6.45) is 1.24. The number of hydrogen-bond donors (Lipinski definition) is 0. The molecule has 74 valence electrons. The molecule has 0 aromatic carbocycles. The average molecular weight is 215 g/mol. The van der Waals surface area contributed by atoms with Crippen LogP contribution in [0.15, 0.2) is 12.1 Å². The van der Waals surface area contributed by atoms with Crippen LogP contribution in [0.4, 0.5) is 10.1 Å². The van der Waals surface area contributed by atoms with E-state index < -0.39 is 5.95 Å². The van der Waals surface area contributed by atoms with E-state index in [9.17, 15) is 9.18 Å². The van der Waals surface area contributed by atoms with Crippen LogP contribution in [0.3, 0.4) is 0 Å². The third-order valence-electron chi connectivity index (χ3n) is 2.16. The van der Waals surface area contributed by atoms with E-state index in [0.717, 1.165) is 6.42 Å². The van der Waals surface area contributed by atoms with E-state index in [0.29, 0.717) is 13.0 Å². The second-order valence-electron chi connectivity index (χ2n) is 3.09. The van der Waals surface area contributed by atoms with Gasteiger partial charge in [-0.2, -0.15) is 4.39 Å². The Labute approximate surface area is 85.5 Å². The number of carbonyl (C=O) groups is 1. The molecule has 14 heavy (non-hydrogen) atoms. The molecule has 5 heteroatoms. The smallest absolute Gasteiger partial charge is 0.238 e. The Balaban J connectivity index is 2.36. The van der Waals surface area contributed by atoms with Crippen LogP contribution < -0.4 is 4.90 Å². The minimum Gasteiger partial charge on any atom is -0.308 e. The fourth-order valence-corrected chi connectivity index (χ4v) is 1.65. The van der Waals surface area contributed by atoms with Gasteiger partial charge in [0.15, 0.2) is 0 Å². The average Bonchev–Trinajstić information content (AvgIpc) is 2.52. The molecule has 3 nitrogen and oxygen atoms in total. The number of anilines is 1. The van der Waals surface area contributed by atoms with Crippen molar-refractivity contribution in [2.75, 3.05) is 11.4 Å². The first-order chi connectivity index (χ1) is 6.68. The largest absolute Gasteiger partial charge is 0.308 e. The Morgan fingerprint density at radius 1 is 1.50 bits per heavy atom.